The van der Waals surface area contributed by atoms with Crippen LogP contribution in [0.3, 0.4) is 0 Å². The summed E-state index contributed by atoms with van der Waals surface area (Å²) in [5.41, 5.74) is 1.45. The molecular formula is C14H21N3. The van der Waals surface area contributed by atoms with Crippen LogP contribution in [0, 0.1) is 0 Å². The summed E-state index contributed by atoms with van der Waals surface area (Å²) in [6.45, 7) is 2.18. The number of rotatable bonds is 1. The largest absolute Gasteiger partial charge is 0.349 e. The van der Waals surface area contributed by atoms with E-state index in [2.05, 4.69) is 59.2 Å². The second-order valence-electron chi connectivity index (χ2n) is 4.76. The number of likely N-dealkylation sites (tertiary alicyclic amines) is 1. The Hall–Kier alpha value is -1.51. The van der Waals surface area contributed by atoms with Gasteiger partial charge in [0.2, 0.25) is 0 Å². The third-order valence-electron chi connectivity index (χ3n) is 3.34. The van der Waals surface area contributed by atoms with Gasteiger partial charge >= 0.3 is 0 Å². The molecule has 1 atom stereocenters. The van der Waals surface area contributed by atoms with Gasteiger partial charge in [0.25, 0.3) is 0 Å². The zero-order valence-corrected chi connectivity index (χ0v) is 10.9. The average Bonchev–Trinajstić information content (AvgIpc) is 2.80. The number of nitrogens with zero attached hydrogens (tertiary/aromatic N) is 3. The summed E-state index contributed by atoms with van der Waals surface area (Å²) in [7, 11) is 5.97. The van der Waals surface area contributed by atoms with Crippen molar-refractivity contribution in [2.24, 2.45) is 4.99 Å². The molecular weight excluding hydrogens is 210 g/mol. The zero-order valence-electron chi connectivity index (χ0n) is 10.9. The van der Waals surface area contributed by atoms with Gasteiger partial charge in [0.05, 0.1) is 0 Å². The van der Waals surface area contributed by atoms with E-state index in [9.17, 15) is 0 Å². The van der Waals surface area contributed by atoms with Crippen molar-refractivity contribution in [3.8, 4) is 0 Å². The van der Waals surface area contributed by atoms with E-state index in [1.807, 2.05) is 7.05 Å². The van der Waals surface area contributed by atoms with Crippen molar-refractivity contribution >= 4 is 5.96 Å². The van der Waals surface area contributed by atoms with E-state index >= 15 is 0 Å². The molecule has 92 valence electrons. The predicted octanol–water partition coefficient (Wildman–Crippen LogP) is 2.02. The first-order valence-electron chi connectivity index (χ1n) is 6.16. The minimum absolute atomic E-state index is 0.646. The first kappa shape index (κ1) is 12.0. The summed E-state index contributed by atoms with van der Waals surface area (Å²) in [6.07, 6.45) is 1.22. The van der Waals surface area contributed by atoms with Crippen LogP contribution >= 0.6 is 0 Å². The van der Waals surface area contributed by atoms with Crippen molar-refractivity contribution in [1.82, 2.24) is 9.80 Å². The Balaban J connectivity index is 2.05. The molecule has 1 aromatic rings. The van der Waals surface area contributed by atoms with E-state index in [-0.39, 0.29) is 0 Å². The van der Waals surface area contributed by atoms with Gasteiger partial charge in [0.15, 0.2) is 5.96 Å². The van der Waals surface area contributed by atoms with Gasteiger partial charge in [0.1, 0.15) is 0 Å². The molecule has 17 heavy (non-hydrogen) atoms. The van der Waals surface area contributed by atoms with Crippen molar-refractivity contribution in [2.75, 3.05) is 34.2 Å². The summed E-state index contributed by atoms with van der Waals surface area (Å²) in [4.78, 5) is 8.83. The van der Waals surface area contributed by atoms with Crippen molar-refractivity contribution in [2.45, 2.75) is 12.3 Å². The van der Waals surface area contributed by atoms with E-state index in [1.165, 1.54) is 12.0 Å². The summed E-state index contributed by atoms with van der Waals surface area (Å²) < 4.78 is 0. The highest BCUT2D eigenvalue weighted by Gasteiger charge is 2.26. The fourth-order valence-electron chi connectivity index (χ4n) is 2.56. The molecule has 1 aromatic carbocycles. The highest BCUT2D eigenvalue weighted by atomic mass is 15.4. The fourth-order valence-corrected chi connectivity index (χ4v) is 2.56. The lowest BCUT2D eigenvalue weighted by molar-refractivity contribution is 0.425. The topological polar surface area (TPSA) is 18.8 Å². The molecule has 0 bridgehead atoms. The zero-order chi connectivity index (χ0) is 12.3. The number of hydrogen-bond acceptors (Lipinski definition) is 1. The van der Waals surface area contributed by atoms with E-state index < -0.39 is 0 Å². The first-order chi connectivity index (χ1) is 8.22. The van der Waals surface area contributed by atoms with Crippen LogP contribution in [0.5, 0.6) is 0 Å². The predicted molar refractivity (Wildman–Crippen MR) is 72.4 cm³/mol. The summed E-state index contributed by atoms with van der Waals surface area (Å²) >= 11 is 0. The maximum atomic E-state index is 4.37. The number of guanidine groups is 1. The van der Waals surface area contributed by atoms with Gasteiger partial charge in [0, 0.05) is 40.2 Å². The summed E-state index contributed by atoms with van der Waals surface area (Å²) in [5, 5.41) is 0. The van der Waals surface area contributed by atoms with Crippen LogP contribution in [0.1, 0.15) is 17.9 Å². The minimum Gasteiger partial charge on any atom is -0.349 e. The molecule has 0 amide bonds. The smallest absolute Gasteiger partial charge is 0.195 e. The van der Waals surface area contributed by atoms with Gasteiger partial charge < -0.3 is 9.80 Å². The van der Waals surface area contributed by atoms with Gasteiger partial charge in [-0.25, -0.2) is 0 Å². The molecule has 1 saturated heterocycles. The molecule has 0 spiro atoms. The van der Waals surface area contributed by atoms with Crippen LogP contribution in [0.2, 0.25) is 0 Å². The quantitative estimate of drug-likeness (QED) is 0.544. The highest BCUT2D eigenvalue weighted by Crippen LogP contribution is 2.27. The van der Waals surface area contributed by atoms with Crippen LogP contribution in [0.15, 0.2) is 35.3 Å². The van der Waals surface area contributed by atoms with Gasteiger partial charge in [-0.15, -0.1) is 0 Å². The Morgan fingerprint density at radius 2 is 2.00 bits per heavy atom. The SMILES string of the molecule is CN=C(N(C)C)N1CCC(c2ccccc2)C1. The molecule has 0 saturated carbocycles. The van der Waals surface area contributed by atoms with Crippen molar-refractivity contribution in [3.63, 3.8) is 0 Å². The van der Waals surface area contributed by atoms with Gasteiger partial charge in [-0.3, -0.25) is 4.99 Å². The molecule has 0 aliphatic carbocycles. The van der Waals surface area contributed by atoms with Gasteiger partial charge in [-0.05, 0) is 12.0 Å². The molecule has 2 rings (SSSR count). The van der Waals surface area contributed by atoms with Crippen LogP contribution in [0.25, 0.3) is 0 Å². The Kier molecular flexibility index (Phi) is 3.67. The first-order valence-corrected chi connectivity index (χ1v) is 6.16. The fraction of sp³-hybridized carbons (Fsp3) is 0.500. The molecule has 1 aliphatic heterocycles. The Bertz CT molecular complexity index is 384. The maximum Gasteiger partial charge on any atom is 0.195 e. The third-order valence-corrected chi connectivity index (χ3v) is 3.34. The third kappa shape index (κ3) is 2.60. The average molecular weight is 231 g/mol. The molecule has 3 nitrogen and oxygen atoms in total. The standard InChI is InChI=1S/C14H21N3/c1-15-14(16(2)3)17-10-9-13(11-17)12-7-5-4-6-8-12/h4-8,13H,9-11H2,1-3H3. The number of aliphatic imine (C=N–C) groups is 1. The molecule has 0 radical (unpaired) electrons. The van der Waals surface area contributed by atoms with E-state index in [0.29, 0.717) is 5.92 Å². The highest BCUT2D eigenvalue weighted by molar-refractivity contribution is 5.79. The van der Waals surface area contributed by atoms with Crippen LogP contribution in [-0.4, -0.2) is 50.0 Å². The molecule has 0 N–H and O–H groups in total. The monoisotopic (exact) mass is 231 g/mol. The molecule has 1 fully saturated rings. The van der Waals surface area contributed by atoms with E-state index in [0.717, 1.165) is 19.0 Å². The van der Waals surface area contributed by atoms with Crippen LogP contribution in [0.4, 0.5) is 0 Å². The summed E-state index contributed by atoms with van der Waals surface area (Å²) in [5.74, 6) is 1.73. The molecule has 1 aliphatic rings. The van der Waals surface area contributed by atoms with Crippen LogP contribution < -0.4 is 0 Å². The molecule has 1 unspecified atom stereocenters. The lowest BCUT2D eigenvalue weighted by Crippen LogP contribution is -2.39. The van der Waals surface area contributed by atoms with Crippen molar-refractivity contribution < 1.29 is 0 Å². The Morgan fingerprint density at radius 1 is 1.29 bits per heavy atom. The van der Waals surface area contributed by atoms with Gasteiger partial charge in [-0.1, -0.05) is 30.3 Å². The second-order valence-corrected chi connectivity index (χ2v) is 4.76. The Labute approximate surface area is 104 Å². The number of hydrogen-bond donors (Lipinski definition) is 0. The van der Waals surface area contributed by atoms with E-state index in [4.69, 9.17) is 0 Å². The molecule has 0 aromatic heterocycles. The van der Waals surface area contributed by atoms with E-state index in [1.54, 1.807) is 0 Å². The number of benzene rings is 1. The van der Waals surface area contributed by atoms with Crippen molar-refractivity contribution in [1.29, 1.82) is 0 Å². The van der Waals surface area contributed by atoms with Crippen LogP contribution in [-0.2, 0) is 0 Å². The second kappa shape index (κ2) is 5.21. The Morgan fingerprint density at radius 3 is 2.59 bits per heavy atom. The van der Waals surface area contributed by atoms with Gasteiger partial charge in [-0.2, -0.15) is 0 Å². The molecule has 3 heteroatoms. The lowest BCUT2D eigenvalue weighted by atomic mass is 9.99. The molecule has 1 heterocycles. The summed E-state index contributed by atoms with van der Waals surface area (Å²) in [6, 6.07) is 10.8. The normalized spacial score (nSPS) is 20.8. The van der Waals surface area contributed by atoms with Crippen molar-refractivity contribution in [3.05, 3.63) is 35.9 Å². The minimum atomic E-state index is 0.646. The maximum absolute atomic E-state index is 4.37. The lowest BCUT2D eigenvalue weighted by Gasteiger charge is -2.26.